The third-order valence-corrected chi connectivity index (χ3v) is 4.94. The minimum Gasteiger partial charge on any atom is -0.340 e. The van der Waals surface area contributed by atoms with Crippen molar-refractivity contribution in [3.05, 3.63) is 60.6 Å². The highest BCUT2D eigenvalue weighted by atomic mass is 16.2. The Kier molecular flexibility index (Phi) is 4.50. The molecule has 0 unspecified atom stereocenters. The zero-order valence-corrected chi connectivity index (χ0v) is 15.1. The van der Waals surface area contributed by atoms with Gasteiger partial charge in [0.1, 0.15) is 5.69 Å². The fourth-order valence-electron chi connectivity index (χ4n) is 3.41. The molecule has 0 saturated carbocycles. The molecule has 0 atom stereocenters. The summed E-state index contributed by atoms with van der Waals surface area (Å²) in [6, 6.07) is 13.3. The predicted molar refractivity (Wildman–Crippen MR) is 104 cm³/mol. The molecule has 1 aliphatic rings. The van der Waals surface area contributed by atoms with Crippen LogP contribution in [0.2, 0.25) is 0 Å². The van der Waals surface area contributed by atoms with Crippen LogP contribution in [0.3, 0.4) is 0 Å². The number of carbonyl (C=O) groups is 2. The second-order valence-corrected chi connectivity index (χ2v) is 6.60. The molecular formula is C20H21N5O2. The fourth-order valence-corrected chi connectivity index (χ4v) is 3.41. The van der Waals surface area contributed by atoms with Crippen molar-refractivity contribution in [3.63, 3.8) is 0 Å². The van der Waals surface area contributed by atoms with Gasteiger partial charge in [-0.3, -0.25) is 9.78 Å². The molecule has 7 heteroatoms. The van der Waals surface area contributed by atoms with Crippen molar-refractivity contribution in [2.75, 3.05) is 31.5 Å². The predicted octanol–water partition coefficient (Wildman–Crippen LogP) is 2.56. The van der Waals surface area contributed by atoms with E-state index in [4.69, 9.17) is 0 Å². The van der Waals surface area contributed by atoms with Crippen LogP contribution >= 0.6 is 0 Å². The number of fused-ring (bicyclic) bond motifs is 1. The van der Waals surface area contributed by atoms with Gasteiger partial charge in [-0.15, -0.1) is 0 Å². The molecular weight excluding hydrogens is 342 g/mol. The normalized spacial score (nSPS) is 14.4. The molecule has 1 N–H and O–H groups in total. The molecule has 1 aromatic carbocycles. The molecule has 3 aromatic rings. The molecule has 0 radical (unpaired) electrons. The van der Waals surface area contributed by atoms with Crippen molar-refractivity contribution in [1.82, 2.24) is 19.4 Å². The van der Waals surface area contributed by atoms with Crippen LogP contribution in [0.15, 0.2) is 54.9 Å². The Morgan fingerprint density at radius 3 is 2.44 bits per heavy atom. The highest BCUT2D eigenvalue weighted by Crippen LogP contribution is 2.20. The van der Waals surface area contributed by atoms with Crippen LogP contribution < -0.4 is 5.32 Å². The third kappa shape index (κ3) is 3.36. The highest BCUT2D eigenvalue weighted by Gasteiger charge is 2.26. The number of aromatic nitrogens is 2. The van der Waals surface area contributed by atoms with Crippen molar-refractivity contribution >= 4 is 28.5 Å². The van der Waals surface area contributed by atoms with Gasteiger partial charge < -0.3 is 19.7 Å². The summed E-state index contributed by atoms with van der Waals surface area (Å²) in [5, 5.41) is 3.88. The molecule has 1 aliphatic heterocycles. The average molecular weight is 363 g/mol. The number of benzene rings is 1. The van der Waals surface area contributed by atoms with Gasteiger partial charge >= 0.3 is 6.03 Å². The number of piperazine rings is 1. The van der Waals surface area contributed by atoms with Gasteiger partial charge in [-0.05, 0) is 24.3 Å². The maximum Gasteiger partial charge on any atom is 0.322 e. The van der Waals surface area contributed by atoms with Gasteiger partial charge in [0.25, 0.3) is 5.91 Å². The summed E-state index contributed by atoms with van der Waals surface area (Å²) in [5.41, 5.74) is 2.37. The molecule has 0 aliphatic carbocycles. The number of carbonyl (C=O) groups excluding carboxylic acids is 2. The van der Waals surface area contributed by atoms with Crippen molar-refractivity contribution in [1.29, 1.82) is 0 Å². The number of hydrogen-bond donors (Lipinski definition) is 1. The Bertz CT molecular complexity index is 974. The Hall–Kier alpha value is -3.35. The van der Waals surface area contributed by atoms with Crippen LogP contribution in [0.25, 0.3) is 10.9 Å². The first kappa shape index (κ1) is 17.1. The Morgan fingerprint density at radius 1 is 1.00 bits per heavy atom. The molecule has 1 fully saturated rings. The largest absolute Gasteiger partial charge is 0.340 e. The first-order chi connectivity index (χ1) is 13.1. The van der Waals surface area contributed by atoms with E-state index in [2.05, 4.69) is 10.3 Å². The molecule has 1 saturated heterocycles. The van der Waals surface area contributed by atoms with Crippen LogP contribution in [0.4, 0.5) is 10.5 Å². The molecule has 7 nitrogen and oxygen atoms in total. The molecule has 3 amide bonds. The van der Waals surface area contributed by atoms with Crippen molar-refractivity contribution in [2.24, 2.45) is 7.05 Å². The molecule has 2 aromatic heterocycles. The standard InChI is InChI=1S/C20H21N5O2/c1-23-17-7-3-2-5-15(17)13-18(23)19(26)24-9-11-25(12-10-24)20(27)22-16-6-4-8-21-14-16/h2-8,13-14H,9-12H2,1H3,(H,22,27). The number of para-hydroxylation sites is 1. The lowest BCUT2D eigenvalue weighted by atomic mass is 10.2. The number of hydrogen-bond acceptors (Lipinski definition) is 3. The van der Waals surface area contributed by atoms with E-state index in [0.29, 0.717) is 37.6 Å². The van der Waals surface area contributed by atoms with Crippen molar-refractivity contribution < 1.29 is 9.59 Å². The lowest BCUT2D eigenvalue weighted by molar-refractivity contribution is 0.0662. The number of nitrogens with zero attached hydrogens (tertiary/aromatic N) is 4. The van der Waals surface area contributed by atoms with Gasteiger partial charge in [0.05, 0.1) is 11.9 Å². The topological polar surface area (TPSA) is 70.5 Å². The lowest BCUT2D eigenvalue weighted by Gasteiger charge is -2.34. The van der Waals surface area contributed by atoms with Gasteiger partial charge in [-0.25, -0.2) is 4.79 Å². The van der Waals surface area contributed by atoms with E-state index in [0.717, 1.165) is 10.9 Å². The molecule has 0 bridgehead atoms. The van der Waals surface area contributed by atoms with E-state index in [9.17, 15) is 9.59 Å². The SMILES string of the molecule is Cn1c(C(=O)N2CCN(C(=O)Nc3cccnc3)CC2)cc2ccccc21. The highest BCUT2D eigenvalue weighted by molar-refractivity contribution is 5.99. The summed E-state index contributed by atoms with van der Waals surface area (Å²) in [5.74, 6) is 0.000942. The second-order valence-electron chi connectivity index (χ2n) is 6.60. The summed E-state index contributed by atoms with van der Waals surface area (Å²) in [7, 11) is 1.91. The number of amides is 3. The van der Waals surface area contributed by atoms with Gasteiger partial charge in [-0.2, -0.15) is 0 Å². The van der Waals surface area contributed by atoms with Gasteiger partial charge in [0, 0.05) is 50.3 Å². The molecule has 3 heterocycles. The molecule has 0 spiro atoms. The summed E-state index contributed by atoms with van der Waals surface area (Å²) >= 11 is 0. The first-order valence-corrected chi connectivity index (χ1v) is 8.93. The van der Waals surface area contributed by atoms with Crippen LogP contribution in [-0.2, 0) is 7.05 Å². The Balaban J connectivity index is 1.40. The minimum absolute atomic E-state index is 0.000942. The van der Waals surface area contributed by atoms with E-state index in [-0.39, 0.29) is 11.9 Å². The first-order valence-electron chi connectivity index (χ1n) is 8.93. The minimum atomic E-state index is -0.167. The maximum atomic E-state index is 12.9. The summed E-state index contributed by atoms with van der Waals surface area (Å²) in [6.07, 6.45) is 3.27. The lowest BCUT2D eigenvalue weighted by Crippen LogP contribution is -2.51. The van der Waals surface area contributed by atoms with E-state index < -0.39 is 0 Å². The van der Waals surface area contributed by atoms with Crippen LogP contribution in [-0.4, -0.2) is 57.5 Å². The number of rotatable bonds is 2. The van der Waals surface area contributed by atoms with E-state index in [1.165, 1.54) is 0 Å². The van der Waals surface area contributed by atoms with Crippen LogP contribution in [0, 0.1) is 0 Å². The second kappa shape index (κ2) is 7.11. The van der Waals surface area contributed by atoms with Gasteiger partial charge in [0.15, 0.2) is 0 Å². The van der Waals surface area contributed by atoms with Crippen molar-refractivity contribution in [3.8, 4) is 0 Å². The molecule has 27 heavy (non-hydrogen) atoms. The summed E-state index contributed by atoms with van der Waals surface area (Å²) in [6.45, 7) is 2.03. The molecule has 4 rings (SSSR count). The fraction of sp³-hybridized carbons (Fsp3) is 0.250. The van der Waals surface area contributed by atoms with E-state index in [1.807, 2.05) is 46.8 Å². The van der Waals surface area contributed by atoms with Gasteiger partial charge in [0.2, 0.25) is 0 Å². The van der Waals surface area contributed by atoms with Gasteiger partial charge in [-0.1, -0.05) is 18.2 Å². The van der Waals surface area contributed by atoms with E-state index in [1.54, 1.807) is 29.4 Å². The Morgan fingerprint density at radius 2 is 1.74 bits per heavy atom. The Labute approximate surface area is 157 Å². The molecule has 138 valence electrons. The number of urea groups is 1. The third-order valence-electron chi connectivity index (χ3n) is 4.94. The maximum absolute atomic E-state index is 12.9. The average Bonchev–Trinajstić information content (AvgIpc) is 3.05. The smallest absolute Gasteiger partial charge is 0.322 e. The number of anilines is 1. The monoisotopic (exact) mass is 363 g/mol. The summed E-state index contributed by atoms with van der Waals surface area (Å²) < 4.78 is 1.93. The number of aryl methyl sites for hydroxylation is 1. The van der Waals surface area contributed by atoms with Crippen LogP contribution in [0.1, 0.15) is 10.5 Å². The van der Waals surface area contributed by atoms with E-state index >= 15 is 0 Å². The van der Waals surface area contributed by atoms with Crippen molar-refractivity contribution in [2.45, 2.75) is 0 Å². The zero-order valence-electron chi connectivity index (χ0n) is 15.1. The van der Waals surface area contributed by atoms with Crippen LogP contribution in [0.5, 0.6) is 0 Å². The number of pyridine rings is 1. The number of nitrogens with one attached hydrogen (secondary N) is 1. The summed E-state index contributed by atoms with van der Waals surface area (Å²) in [4.78, 5) is 32.8. The zero-order chi connectivity index (χ0) is 18.8. The quantitative estimate of drug-likeness (QED) is 0.761.